The van der Waals surface area contributed by atoms with Gasteiger partial charge in [-0.05, 0) is 25.3 Å². The monoisotopic (exact) mass is 195 g/mol. The predicted octanol–water partition coefficient (Wildman–Crippen LogP) is 1.10. The third-order valence-electron chi connectivity index (χ3n) is 2.83. The molecule has 1 fully saturated rings. The highest BCUT2D eigenvalue weighted by Gasteiger charge is 2.32. The second-order valence-electron chi connectivity index (χ2n) is 3.79. The second kappa shape index (κ2) is 5.66. The van der Waals surface area contributed by atoms with Crippen LogP contribution in [0.4, 0.5) is 0 Å². The molecule has 3 nitrogen and oxygen atoms in total. The maximum atomic E-state index is 10.8. The molecule has 1 rings (SSSR count). The Morgan fingerprint density at radius 2 is 2.36 bits per heavy atom. The van der Waals surface area contributed by atoms with Gasteiger partial charge in [-0.1, -0.05) is 6.42 Å². The van der Waals surface area contributed by atoms with E-state index in [0.29, 0.717) is 12.3 Å². The van der Waals surface area contributed by atoms with Crippen LogP contribution in [0, 0.1) is 24.2 Å². The van der Waals surface area contributed by atoms with Crippen molar-refractivity contribution in [2.24, 2.45) is 11.8 Å². The number of aliphatic carboxylic acids is 1. The van der Waals surface area contributed by atoms with Gasteiger partial charge in [0, 0.05) is 13.0 Å². The Balaban J connectivity index is 2.23. The third-order valence-corrected chi connectivity index (χ3v) is 2.83. The zero-order valence-electron chi connectivity index (χ0n) is 8.33. The van der Waals surface area contributed by atoms with Gasteiger partial charge in [-0.25, -0.2) is 0 Å². The normalized spacial score (nSPS) is 25.9. The fraction of sp³-hybridized carbons (Fsp3) is 0.727. The molecule has 2 unspecified atom stereocenters. The molecule has 0 amide bonds. The number of terminal acetylenes is 1. The van der Waals surface area contributed by atoms with E-state index in [1.807, 2.05) is 0 Å². The molecule has 1 saturated carbocycles. The minimum absolute atomic E-state index is 0.145. The standard InChI is InChI=1S/C11H17NO2/c1-2-3-7-12-8-9-5-4-6-10(9)11(13)14/h1,9-10,12H,3-8H2,(H,13,14). The van der Waals surface area contributed by atoms with Crippen molar-refractivity contribution >= 4 is 5.97 Å². The van der Waals surface area contributed by atoms with Crippen molar-refractivity contribution in [1.29, 1.82) is 0 Å². The minimum atomic E-state index is -0.647. The molecule has 14 heavy (non-hydrogen) atoms. The van der Waals surface area contributed by atoms with Crippen LogP contribution in [0.3, 0.4) is 0 Å². The fourth-order valence-electron chi connectivity index (χ4n) is 2.05. The molecule has 2 atom stereocenters. The quantitative estimate of drug-likeness (QED) is 0.510. The average Bonchev–Trinajstić information content (AvgIpc) is 2.60. The van der Waals surface area contributed by atoms with Gasteiger partial charge >= 0.3 is 5.97 Å². The SMILES string of the molecule is C#CCCNCC1CCCC1C(=O)O. The number of hydrogen-bond donors (Lipinski definition) is 2. The van der Waals surface area contributed by atoms with E-state index < -0.39 is 5.97 Å². The van der Waals surface area contributed by atoms with E-state index in [1.54, 1.807) is 0 Å². The Kier molecular flexibility index (Phi) is 4.48. The summed E-state index contributed by atoms with van der Waals surface area (Å²) in [4.78, 5) is 10.8. The third kappa shape index (κ3) is 3.04. The summed E-state index contributed by atoms with van der Waals surface area (Å²) in [5, 5.41) is 12.1. The molecule has 0 heterocycles. The summed E-state index contributed by atoms with van der Waals surface area (Å²) < 4.78 is 0. The predicted molar refractivity (Wildman–Crippen MR) is 54.8 cm³/mol. The molecule has 1 aliphatic carbocycles. The van der Waals surface area contributed by atoms with Gasteiger partial charge in [0.25, 0.3) is 0 Å². The molecule has 2 N–H and O–H groups in total. The zero-order valence-corrected chi connectivity index (χ0v) is 8.33. The van der Waals surface area contributed by atoms with Crippen molar-refractivity contribution < 1.29 is 9.90 Å². The Labute approximate surface area is 84.9 Å². The molecular formula is C11H17NO2. The number of rotatable bonds is 5. The summed E-state index contributed by atoms with van der Waals surface area (Å²) in [6.07, 6.45) is 8.73. The lowest BCUT2D eigenvalue weighted by molar-refractivity contribution is -0.142. The van der Waals surface area contributed by atoms with E-state index in [-0.39, 0.29) is 5.92 Å². The maximum Gasteiger partial charge on any atom is 0.306 e. The highest BCUT2D eigenvalue weighted by molar-refractivity contribution is 5.70. The molecule has 0 saturated heterocycles. The van der Waals surface area contributed by atoms with Crippen molar-refractivity contribution in [2.45, 2.75) is 25.7 Å². The number of nitrogens with one attached hydrogen (secondary N) is 1. The largest absolute Gasteiger partial charge is 0.481 e. The average molecular weight is 195 g/mol. The minimum Gasteiger partial charge on any atom is -0.481 e. The first kappa shape index (κ1) is 11.1. The molecule has 0 radical (unpaired) electrons. The van der Waals surface area contributed by atoms with Crippen LogP contribution in [0.25, 0.3) is 0 Å². The maximum absolute atomic E-state index is 10.8. The van der Waals surface area contributed by atoms with Crippen LogP contribution < -0.4 is 5.32 Å². The molecule has 78 valence electrons. The van der Waals surface area contributed by atoms with Crippen molar-refractivity contribution in [3.8, 4) is 12.3 Å². The first-order chi connectivity index (χ1) is 6.75. The van der Waals surface area contributed by atoms with Gasteiger partial charge in [0.15, 0.2) is 0 Å². The lowest BCUT2D eigenvalue weighted by atomic mass is 9.96. The van der Waals surface area contributed by atoms with Crippen molar-refractivity contribution in [2.75, 3.05) is 13.1 Å². The van der Waals surface area contributed by atoms with E-state index in [0.717, 1.165) is 32.4 Å². The number of carboxylic acids is 1. The highest BCUT2D eigenvalue weighted by atomic mass is 16.4. The first-order valence-corrected chi connectivity index (χ1v) is 5.12. The molecule has 0 spiro atoms. The molecule has 0 aromatic heterocycles. The van der Waals surface area contributed by atoms with Gasteiger partial charge in [-0.15, -0.1) is 12.3 Å². The molecule has 1 aliphatic rings. The zero-order chi connectivity index (χ0) is 10.4. The van der Waals surface area contributed by atoms with Crippen molar-refractivity contribution in [3.05, 3.63) is 0 Å². The highest BCUT2D eigenvalue weighted by Crippen LogP contribution is 2.31. The van der Waals surface area contributed by atoms with Crippen LogP contribution in [0.1, 0.15) is 25.7 Å². The summed E-state index contributed by atoms with van der Waals surface area (Å²) in [6.45, 7) is 1.58. The lowest BCUT2D eigenvalue weighted by Gasteiger charge is -2.15. The second-order valence-corrected chi connectivity index (χ2v) is 3.79. The van der Waals surface area contributed by atoms with Crippen molar-refractivity contribution in [3.63, 3.8) is 0 Å². The Morgan fingerprint density at radius 3 is 3.00 bits per heavy atom. The van der Waals surface area contributed by atoms with Crippen LogP contribution in [0.15, 0.2) is 0 Å². The molecule has 0 bridgehead atoms. The number of carboxylic acid groups (broad SMARTS) is 1. The van der Waals surface area contributed by atoms with Crippen LogP contribution in [0.5, 0.6) is 0 Å². The van der Waals surface area contributed by atoms with Gasteiger partial charge in [0.05, 0.1) is 5.92 Å². The number of carbonyl (C=O) groups is 1. The fourth-order valence-corrected chi connectivity index (χ4v) is 2.05. The van der Waals surface area contributed by atoms with Gasteiger partial charge in [-0.2, -0.15) is 0 Å². The van der Waals surface area contributed by atoms with Crippen LogP contribution in [-0.4, -0.2) is 24.2 Å². The van der Waals surface area contributed by atoms with Crippen molar-refractivity contribution in [1.82, 2.24) is 5.32 Å². The Morgan fingerprint density at radius 1 is 1.57 bits per heavy atom. The van der Waals surface area contributed by atoms with Gasteiger partial charge in [-0.3, -0.25) is 4.79 Å². The van der Waals surface area contributed by atoms with Gasteiger partial charge in [0.2, 0.25) is 0 Å². The Hall–Kier alpha value is -1.01. The van der Waals surface area contributed by atoms with E-state index in [4.69, 9.17) is 11.5 Å². The van der Waals surface area contributed by atoms with E-state index in [1.165, 1.54) is 0 Å². The molecule has 0 aromatic rings. The molecular weight excluding hydrogens is 178 g/mol. The van der Waals surface area contributed by atoms with Crippen LogP contribution in [0.2, 0.25) is 0 Å². The van der Waals surface area contributed by atoms with Crippen LogP contribution >= 0.6 is 0 Å². The summed E-state index contributed by atoms with van der Waals surface area (Å²) in [5.74, 6) is 2.05. The first-order valence-electron chi connectivity index (χ1n) is 5.12. The summed E-state index contributed by atoms with van der Waals surface area (Å²) in [5.41, 5.74) is 0. The topological polar surface area (TPSA) is 49.3 Å². The van der Waals surface area contributed by atoms with Gasteiger partial charge < -0.3 is 10.4 Å². The molecule has 0 aromatic carbocycles. The molecule has 3 heteroatoms. The summed E-state index contributed by atoms with van der Waals surface area (Å²) in [6, 6.07) is 0. The molecule has 0 aliphatic heterocycles. The van der Waals surface area contributed by atoms with E-state index in [9.17, 15) is 4.79 Å². The summed E-state index contributed by atoms with van der Waals surface area (Å²) >= 11 is 0. The van der Waals surface area contributed by atoms with E-state index in [2.05, 4.69) is 11.2 Å². The van der Waals surface area contributed by atoms with Gasteiger partial charge in [0.1, 0.15) is 0 Å². The van der Waals surface area contributed by atoms with E-state index >= 15 is 0 Å². The number of hydrogen-bond acceptors (Lipinski definition) is 2. The summed E-state index contributed by atoms with van der Waals surface area (Å²) in [7, 11) is 0. The smallest absolute Gasteiger partial charge is 0.306 e. The Bertz CT molecular complexity index is 232. The lowest BCUT2D eigenvalue weighted by Crippen LogP contribution is -2.29. The van der Waals surface area contributed by atoms with Crippen LogP contribution in [-0.2, 0) is 4.79 Å².